The maximum absolute atomic E-state index is 12.2. The summed E-state index contributed by atoms with van der Waals surface area (Å²) in [5.74, 6) is 0. The van der Waals surface area contributed by atoms with Gasteiger partial charge in [0, 0.05) is 42.6 Å². The second-order valence-electron chi connectivity index (χ2n) is 5.09. The topological polar surface area (TPSA) is 67.4 Å². The number of thiophene rings is 1. The summed E-state index contributed by atoms with van der Waals surface area (Å²) < 4.78 is 32.0. The minimum absolute atomic E-state index is 0.142. The summed E-state index contributed by atoms with van der Waals surface area (Å²) in [6.45, 7) is 7.19. The second kappa shape index (κ2) is 8.09. The van der Waals surface area contributed by atoms with Gasteiger partial charge in [-0.3, -0.25) is 0 Å². The van der Waals surface area contributed by atoms with E-state index >= 15 is 0 Å². The van der Waals surface area contributed by atoms with E-state index < -0.39 is 10.0 Å². The molecular weight excluding hydrogens is 296 g/mol. The molecule has 1 atom stereocenters. The first kappa shape index (κ1) is 17.6. The quantitative estimate of drug-likeness (QED) is 0.730. The molecule has 1 unspecified atom stereocenters. The molecule has 116 valence electrons. The molecule has 0 aliphatic carbocycles. The molecule has 20 heavy (non-hydrogen) atoms. The highest BCUT2D eigenvalue weighted by atomic mass is 32.2. The Kier molecular flexibility index (Phi) is 7.11. The maximum Gasteiger partial charge on any atom is 0.241 e. The van der Waals surface area contributed by atoms with Crippen LogP contribution in [0, 0.1) is 0 Å². The van der Waals surface area contributed by atoms with Gasteiger partial charge >= 0.3 is 0 Å². The van der Waals surface area contributed by atoms with Gasteiger partial charge in [-0.15, -0.1) is 11.3 Å². The summed E-state index contributed by atoms with van der Waals surface area (Å²) in [6.07, 6.45) is 0.654. The Bertz CT molecular complexity index is 497. The van der Waals surface area contributed by atoms with Crippen LogP contribution >= 0.6 is 11.3 Å². The van der Waals surface area contributed by atoms with Gasteiger partial charge in [0.25, 0.3) is 0 Å². The first-order chi connectivity index (χ1) is 9.35. The summed E-state index contributed by atoms with van der Waals surface area (Å²) in [5, 5.41) is 4.96. The molecule has 5 nitrogen and oxygen atoms in total. The fourth-order valence-electron chi connectivity index (χ4n) is 1.59. The minimum Gasteiger partial charge on any atom is -0.385 e. The van der Waals surface area contributed by atoms with Crippen LogP contribution in [0.5, 0.6) is 0 Å². The van der Waals surface area contributed by atoms with Crippen molar-refractivity contribution >= 4 is 21.4 Å². The van der Waals surface area contributed by atoms with Crippen molar-refractivity contribution in [2.24, 2.45) is 0 Å². The van der Waals surface area contributed by atoms with Crippen molar-refractivity contribution in [3.05, 3.63) is 16.3 Å². The Balaban J connectivity index is 2.63. The Morgan fingerprint density at radius 1 is 1.35 bits per heavy atom. The first-order valence-corrected chi connectivity index (χ1v) is 9.03. The predicted octanol–water partition coefficient (Wildman–Crippen LogP) is 1.95. The molecule has 0 bridgehead atoms. The number of methoxy groups -OCH3 is 1. The molecule has 0 aliphatic heterocycles. The van der Waals surface area contributed by atoms with Crippen LogP contribution in [-0.2, 0) is 21.3 Å². The standard InChI is InChI=1S/C13H24N2O3S2/c1-10(2)14-8-12-7-13(9-19-12)20(16,17)15-11(3)5-6-18-4/h7,9-11,14-15H,5-6,8H2,1-4H3. The maximum atomic E-state index is 12.2. The zero-order valence-corrected chi connectivity index (χ0v) is 14.1. The second-order valence-corrected chi connectivity index (χ2v) is 7.80. The molecule has 1 aromatic heterocycles. The fourth-order valence-corrected chi connectivity index (χ4v) is 4.09. The van der Waals surface area contributed by atoms with Gasteiger partial charge in [0.05, 0.1) is 4.90 Å². The molecule has 2 N–H and O–H groups in total. The SMILES string of the molecule is COCCC(C)NS(=O)(=O)c1csc(CNC(C)C)c1. The average Bonchev–Trinajstić information content (AvgIpc) is 2.83. The molecule has 0 aromatic carbocycles. The van der Waals surface area contributed by atoms with E-state index in [1.165, 1.54) is 11.3 Å². The molecule has 0 radical (unpaired) electrons. The van der Waals surface area contributed by atoms with Crippen LogP contribution in [-0.4, -0.2) is 34.2 Å². The van der Waals surface area contributed by atoms with Crippen molar-refractivity contribution in [3.63, 3.8) is 0 Å². The molecule has 0 fully saturated rings. The van der Waals surface area contributed by atoms with Gasteiger partial charge in [0.1, 0.15) is 0 Å². The van der Waals surface area contributed by atoms with E-state index in [1.807, 2.05) is 6.92 Å². The van der Waals surface area contributed by atoms with Crippen LogP contribution in [0.15, 0.2) is 16.3 Å². The Hall–Kier alpha value is -0.470. The van der Waals surface area contributed by atoms with Gasteiger partial charge in [-0.2, -0.15) is 0 Å². The van der Waals surface area contributed by atoms with E-state index in [0.717, 1.165) is 4.88 Å². The van der Waals surface area contributed by atoms with Crippen molar-refractivity contribution in [1.29, 1.82) is 0 Å². The highest BCUT2D eigenvalue weighted by molar-refractivity contribution is 7.89. The van der Waals surface area contributed by atoms with Gasteiger partial charge in [0.2, 0.25) is 10.0 Å². The summed E-state index contributed by atoms with van der Waals surface area (Å²) >= 11 is 1.46. The summed E-state index contributed by atoms with van der Waals surface area (Å²) in [5.41, 5.74) is 0. The fraction of sp³-hybridized carbons (Fsp3) is 0.692. The first-order valence-electron chi connectivity index (χ1n) is 6.67. The molecule has 0 saturated carbocycles. The highest BCUT2D eigenvalue weighted by Crippen LogP contribution is 2.19. The Labute approximate surface area is 125 Å². The van der Waals surface area contributed by atoms with Crippen molar-refractivity contribution < 1.29 is 13.2 Å². The normalized spacial score (nSPS) is 13.8. The van der Waals surface area contributed by atoms with E-state index in [-0.39, 0.29) is 6.04 Å². The van der Waals surface area contributed by atoms with Gasteiger partial charge < -0.3 is 10.1 Å². The Morgan fingerprint density at radius 2 is 2.05 bits per heavy atom. The Morgan fingerprint density at radius 3 is 2.65 bits per heavy atom. The summed E-state index contributed by atoms with van der Waals surface area (Å²) in [6, 6.07) is 1.97. The van der Waals surface area contributed by atoms with E-state index in [9.17, 15) is 8.42 Å². The molecule has 0 aliphatic rings. The molecule has 7 heteroatoms. The molecule has 0 amide bonds. The minimum atomic E-state index is -3.43. The van der Waals surface area contributed by atoms with E-state index in [0.29, 0.717) is 30.5 Å². The molecular formula is C13H24N2O3S2. The van der Waals surface area contributed by atoms with Gasteiger partial charge in [-0.25, -0.2) is 13.1 Å². The van der Waals surface area contributed by atoms with Gasteiger partial charge in [-0.05, 0) is 19.4 Å². The van der Waals surface area contributed by atoms with Crippen molar-refractivity contribution in [3.8, 4) is 0 Å². The lowest BCUT2D eigenvalue weighted by atomic mass is 10.3. The number of nitrogens with one attached hydrogen (secondary N) is 2. The summed E-state index contributed by atoms with van der Waals surface area (Å²) in [4.78, 5) is 1.36. The van der Waals surface area contributed by atoms with Gasteiger partial charge in [-0.1, -0.05) is 13.8 Å². The largest absolute Gasteiger partial charge is 0.385 e. The van der Waals surface area contributed by atoms with E-state index in [4.69, 9.17) is 4.74 Å². The van der Waals surface area contributed by atoms with E-state index in [2.05, 4.69) is 23.9 Å². The van der Waals surface area contributed by atoms with Crippen molar-refractivity contribution in [1.82, 2.24) is 10.0 Å². The lowest BCUT2D eigenvalue weighted by molar-refractivity contribution is 0.188. The lowest BCUT2D eigenvalue weighted by Crippen LogP contribution is -2.33. The van der Waals surface area contributed by atoms with Crippen LogP contribution in [0.2, 0.25) is 0 Å². The van der Waals surface area contributed by atoms with Crippen LogP contribution in [0.1, 0.15) is 32.1 Å². The van der Waals surface area contributed by atoms with Crippen molar-refractivity contribution in [2.75, 3.05) is 13.7 Å². The van der Waals surface area contributed by atoms with Crippen LogP contribution in [0.3, 0.4) is 0 Å². The predicted molar refractivity (Wildman–Crippen MR) is 82.6 cm³/mol. The van der Waals surface area contributed by atoms with Crippen LogP contribution in [0.4, 0.5) is 0 Å². The smallest absolute Gasteiger partial charge is 0.241 e. The third-order valence-electron chi connectivity index (χ3n) is 2.74. The van der Waals surface area contributed by atoms with Crippen LogP contribution < -0.4 is 10.0 Å². The molecule has 1 aromatic rings. The zero-order chi connectivity index (χ0) is 15.2. The average molecular weight is 320 g/mol. The monoisotopic (exact) mass is 320 g/mol. The zero-order valence-electron chi connectivity index (χ0n) is 12.5. The molecule has 1 heterocycles. The van der Waals surface area contributed by atoms with Crippen molar-refractivity contribution in [2.45, 2.75) is 50.7 Å². The summed E-state index contributed by atoms with van der Waals surface area (Å²) in [7, 11) is -1.83. The number of sulfonamides is 1. The molecule has 0 spiro atoms. The molecule has 0 saturated heterocycles. The molecule has 1 rings (SSSR count). The number of rotatable bonds is 9. The third-order valence-corrected chi connectivity index (χ3v) is 5.39. The van der Waals surface area contributed by atoms with Crippen LogP contribution in [0.25, 0.3) is 0 Å². The highest BCUT2D eigenvalue weighted by Gasteiger charge is 2.18. The number of ether oxygens (including phenoxy) is 1. The third kappa shape index (κ3) is 5.88. The number of hydrogen-bond donors (Lipinski definition) is 2. The van der Waals surface area contributed by atoms with E-state index in [1.54, 1.807) is 18.6 Å². The lowest BCUT2D eigenvalue weighted by Gasteiger charge is -2.12. The van der Waals surface area contributed by atoms with Gasteiger partial charge in [0.15, 0.2) is 0 Å². The number of hydrogen-bond acceptors (Lipinski definition) is 5.